The van der Waals surface area contributed by atoms with Gasteiger partial charge in [0, 0.05) is 19.2 Å². The van der Waals surface area contributed by atoms with Gasteiger partial charge in [0.1, 0.15) is 5.75 Å². The second-order valence-corrected chi connectivity index (χ2v) is 5.42. The number of carbonyl (C=O) groups excluding carboxylic acids is 1. The summed E-state index contributed by atoms with van der Waals surface area (Å²) in [5, 5.41) is 19.6. The zero-order chi connectivity index (χ0) is 14.7. The van der Waals surface area contributed by atoms with Gasteiger partial charge in [-0.2, -0.15) is 0 Å². The van der Waals surface area contributed by atoms with E-state index in [2.05, 4.69) is 0 Å². The van der Waals surface area contributed by atoms with Crippen LogP contribution in [0.25, 0.3) is 0 Å². The van der Waals surface area contributed by atoms with Crippen molar-refractivity contribution in [2.45, 2.75) is 18.6 Å². The van der Waals surface area contributed by atoms with E-state index in [4.69, 9.17) is 27.9 Å². The summed E-state index contributed by atoms with van der Waals surface area (Å²) in [6, 6.07) is 4.87. The van der Waals surface area contributed by atoms with Crippen LogP contribution in [0, 0.1) is 0 Å². The highest BCUT2D eigenvalue weighted by Crippen LogP contribution is 2.26. The van der Waals surface area contributed by atoms with Gasteiger partial charge in [0.15, 0.2) is 0 Å². The molecule has 1 aromatic rings. The Labute approximate surface area is 126 Å². The average Bonchev–Trinajstić information content (AvgIpc) is 2.74. The molecule has 1 fully saturated rings. The van der Waals surface area contributed by atoms with Gasteiger partial charge in [0.2, 0.25) is 5.91 Å². The monoisotopic (exact) mass is 319 g/mol. The van der Waals surface area contributed by atoms with Crippen molar-refractivity contribution in [3.05, 3.63) is 28.2 Å². The summed E-state index contributed by atoms with van der Waals surface area (Å²) in [6.45, 7) is 0.513. The van der Waals surface area contributed by atoms with Crippen molar-refractivity contribution in [1.82, 2.24) is 4.90 Å². The maximum absolute atomic E-state index is 11.8. The van der Waals surface area contributed by atoms with Gasteiger partial charge < -0.3 is 19.8 Å². The molecule has 2 N–H and O–H groups in total. The fourth-order valence-corrected chi connectivity index (χ4v) is 2.24. The number of rotatable bonds is 4. The Kier molecular flexibility index (Phi) is 5.10. The predicted molar refractivity (Wildman–Crippen MR) is 75.2 cm³/mol. The first-order valence-electron chi connectivity index (χ1n) is 6.19. The maximum atomic E-state index is 11.8. The molecule has 0 radical (unpaired) electrons. The number of aliphatic hydroxyl groups excluding tert-OH is 2. The van der Waals surface area contributed by atoms with Crippen LogP contribution in [-0.2, 0) is 4.79 Å². The van der Waals surface area contributed by atoms with Crippen LogP contribution in [-0.4, -0.2) is 52.9 Å². The smallest absolute Gasteiger partial charge is 0.226 e. The van der Waals surface area contributed by atoms with Crippen molar-refractivity contribution >= 4 is 29.1 Å². The van der Waals surface area contributed by atoms with E-state index < -0.39 is 12.2 Å². The molecule has 1 heterocycles. The topological polar surface area (TPSA) is 70.0 Å². The molecule has 2 rings (SSSR count). The summed E-state index contributed by atoms with van der Waals surface area (Å²) in [4.78, 5) is 13.2. The number of aliphatic hydroxyl groups is 2. The fraction of sp³-hybridized carbons (Fsp3) is 0.462. The largest absolute Gasteiger partial charge is 0.493 e. The minimum Gasteiger partial charge on any atom is -0.493 e. The number of benzene rings is 1. The summed E-state index contributed by atoms with van der Waals surface area (Å²) in [6.07, 6.45) is -1.57. The van der Waals surface area contributed by atoms with Crippen molar-refractivity contribution in [3.8, 4) is 5.75 Å². The van der Waals surface area contributed by atoms with Gasteiger partial charge in [-0.05, 0) is 12.1 Å². The molecule has 1 aromatic carbocycles. The van der Waals surface area contributed by atoms with Gasteiger partial charge in [-0.25, -0.2) is 0 Å². The summed E-state index contributed by atoms with van der Waals surface area (Å²) in [5.41, 5.74) is 0. The van der Waals surface area contributed by atoms with E-state index in [9.17, 15) is 15.0 Å². The molecule has 1 amide bonds. The second-order valence-electron chi connectivity index (χ2n) is 4.61. The minimum atomic E-state index is -0.866. The molecule has 2 atom stereocenters. The van der Waals surface area contributed by atoms with E-state index in [1.165, 1.54) is 4.90 Å². The number of likely N-dealkylation sites (tertiary alicyclic amines) is 1. The van der Waals surface area contributed by atoms with Crippen LogP contribution in [0.5, 0.6) is 5.75 Å². The molecule has 0 aromatic heterocycles. The number of halogens is 2. The number of β-amino-alcohol motifs (C(OH)–C–C–N with tert-alkyl or cyclic N) is 2. The summed E-state index contributed by atoms with van der Waals surface area (Å²) in [7, 11) is 0. The van der Waals surface area contributed by atoms with Crippen molar-refractivity contribution in [2.75, 3.05) is 19.7 Å². The zero-order valence-electron chi connectivity index (χ0n) is 10.6. The molecule has 7 heteroatoms. The third kappa shape index (κ3) is 3.76. The Morgan fingerprint density at radius 3 is 2.50 bits per heavy atom. The molecular weight excluding hydrogens is 305 g/mol. The minimum absolute atomic E-state index is 0.159. The molecule has 0 spiro atoms. The number of hydrogen-bond donors (Lipinski definition) is 2. The molecule has 110 valence electrons. The van der Waals surface area contributed by atoms with Crippen LogP contribution in [0.15, 0.2) is 18.2 Å². The quantitative estimate of drug-likeness (QED) is 0.878. The molecule has 5 nitrogen and oxygen atoms in total. The van der Waals surface area contributed by atoms with Crippen LogP contribution in [0.1, 0.15) is 6.42 Å². The van der Waals surface area contributed by atoms with Crippen molar-refractivity contribution in [3.63, 3.8) is 0 Å². The highest BCUT2D eigenvalue weighted by atomic mass is 35.5. The predicted octanol–water partition coefficient (Wildman–Crippen LogP) is 1.33. The van der Waals surface area contributed by atoms with Gasteiger partial charge in [-0.3, -0.25) is 4.79 Å². The van der Waals surface area contributed by atoms with E-state index in [0.717, 1.165) is 0 Å². The molecule has 0 saturated carbocycles. The molecule has 1 aliphatic rings. The number of nitrogens with zero attached hydrogens (tertiary/aromatic N) is 1. The molecule has 0 bridgehead atoms. The first kappa shape index (κ1) is 15.4. The third-order valence-electron chi connectivity index (χ3n) is 3.09. The van der Waals surface area contributed by atoms with Crippen LogP contribution in [0.4, 0.5) is 0 Å². The first-order valence-corrected chi connectivity index (χ1v) is 6.94. The number of carbonyl (C=O) groups is 1. The number of hydrogen-bond acceptors (Lipinski definition) is 4. The Morgan fingerprint density at radius 2 is 1.90 bits per heavy atom. The van der Waals surface area contributed by atoms with E-state index >= 15 is 0 Å². The highest BCUT2D eigenvalue weighted by molar-refractivity contribution is 6.42. The highest BCUT2D eigenvalue weighted by Gasteiger charge is 2.32. The molecule has 0 aliphatic carbocycles. The lowest BCUT2D eigenvalue weighted by Gasteiger charge is -2.15. The number of ether oxygens (including phenoxy) is 1. The van der Waals surface area contributed by atoms with Gasteiger partial charge in [0.05, 0.1) is 35.3 Å². The van der Waals surface area contributed by atoms with Crippen LogP contribution in [0.2, 0.25) is 10.0 Å². The molecule has 1 saturated heterocycles. The van der Waals surface area contributed by atoms with E-state index in [1.54, 1.807) is 18.2 Å². The Balaban J connectivity index is 1.78. The van der Waals surface area contributed by atoms with Crippen molar-refractivity contribution < 1.29 is 19.7 Å². The van der Waals surface area contributed by atoms with Gasteiger partial charge in [-0.15, -0.1) is 0 Å². The van der Waals surface area contributed by atoms with Crippen molar-refractivity contribution in [1.29, 1.82) is 0 Å². The second kappa shape index (κ2) is 6.63. The summed E-state index contributed by atoms with van der Waals surface area (Å²) < 4.78 is 5.41. The lowest BCUT2D eigenvalue weighted by molar-refractivity contribution is -0.131. The Hall–Kier alpha value is -1.01. The lowest BCUT2D eigenvalue weighted by atomic mass is 10.3. The number of amides is 1. The summed E-state index contributed by atoms with van der Waals surface area (Å²) in [5.74, 6) is 0.370. The molecule has 1 aliphatic heterocycles. The fourth-order valence-electron chi connectivity index (χ4n) is 1.95. The molecule has 2 unspecified atom stereocenters. The third-order valence-corrected chi connectivity index (χ3v) is 3.83. The first-order chi connectivity index (χ1) is 9.47. The lowest BCUT2D eigenvalue weighted by Crippen LogP contribution is -2.30. The normalized spacial score (nSPS) is 22.1. The Morgan fingerprint density at radius 1 is 1.25 bits per heavy atom. The van der Waals surface area contributed by atoms with Gasteiger partial charge in [-0.1, -0.05) is 23.2 Å². The Bertz CT molecular complexity index is 487. The molecular formula is C13H15Cl2NO4. The zero-order valence-corrected chi connectivity index (χ0v) is 12.1. The standard InChI is InChI=1S/C13H15Cl2NO4/c14-9-2-1-8(5-10(9)15)20-4-3-13(19)16-6-11(17)12(18)7-16/h1-2,5,11-12,17-18H,3-4,6-7H2. The SMILES string of the molecule is O=C(CCOc1ccc(Cl)c(Cl)c1)N1CC(O)C(O)C1. The van der Waals surface area contributed by atoms with Gasteiger partial charge >= 0.3 is 0 Å². The van der Waals surface area contributed by atoms with Crippen LogP contribution in [0.3, 0.4) is 0 Å². The average molecular weight is 320 g/mol. The van der Waals surface area contributed by atoms with Crippen molar-refractivity contribution in [2.24, 2.45) is 0 Å². The molecule has 20 heavy (non-hydrogen) atoms. The van der Waals surface area contributed by atoms with Crippen LogP contribution < -0.4 is 4.74 Å². The van der Waals surface area contributed by atoms with E-state index in [0.29, 0.717) is 15.8 Å². The van der Waals surface area contributed by atoms with E-state index in [1.807, 2.05) is 0 Å². The summed E-state index contributed by atoms with van der Waals surface area (Å²) >= 11 is 11.6. The maximum Gasteiger partial charge on any atom is 0.226 e. The van der Waals surface area contributed by atoms with Gasteiger partial charge in [0.25, 0.3) is 0 Å². The van der Waals surface area contributed by atoms with E-state index in [-0.39, 0.29) is 32.0 Å². The van der Waals surface area contributed by atoms with Crippen LogP contribution >= 0.6 is 23.2 Å².